The maximum absolute atomic E-state index is 13.4. The van der Waals surface area contributed by atoms with Crippen LogP contribution < -0.4 is 11.1 Å². The molecule has 1 aliphatic rings. The normalized spacial score (nSPS) is 14.7. The molecule has 1 fully saturated rings. The van der Waals surface area contributed by atoms with E-state index in [0.717, 1.165) is 25.7 Å². The van der Waals surface area contributed by atoms with Gasteiger partial charge in [-0.25, -0.2) is 9.78 Å². The molecule has 0 unspecified atom stereocenters. The molecular weight excluding hydrogens is 422 g/mol. The van der Waals surface area contributed by atoms with E-state index < -0.39 is 11.5 Å². The molecule has 0 bridgehead atoms. The van der Waals surface area contributed by atoms with Gasteiger partial charge in [0.25, 0.3) is 11.1 Å². The van der Waals surface area contributed by atoms with Crippen LogP contribution >= 0.6 is 0 Å². The van der Waals surface area contributed by atoms with Crippen LogP contribution in [0.5, 0.6) is 0 Å². The minimum atomic E-state index is -0.558. The molecule has 170 valence electrons. The lowest BCUT2D eigenvalue weighted by Crippen LogP contribution is -2.26. The fourth-order valence-corrected chi connectivity index (χ4v) is 4.69. The molecule has 0 atom stereocenters. The van der Waals surface area contributed by atoms with Crippen molar-refractivity contribution in [1.82, 2.24) is 24.3 Å². The summed E-state index contributed by atoms with van der Waals surface area (Å²) in [5.41, 5.74) is 1.19. The predicted octanol–water partition coefficient (Wildman–Crippen LogP) is 3.41. The van der Waals surface area contributed by atoms with Crippen LogP contribution in [0.3, 0.4) is 0 Å². The first-order valence-electron chi connectivity index (χ1n) is 11.3. The van der Waals surface area contributed by atoms with Gasteiger partial charge >= 0.3 is 5.97 Å². The predicted molar refractivity (Wildman–Crippen MR) is 124 cm³/mol. The molecule has 0 radical (unpaired) electrons. The smallest absolute Gasteiger partial charge is 0.343 e. The molecule has 9 heteroatoms. The molecule has 1 aliphatic carbocycles. The lowest BCUT2D eigenvalue weighted by molar-refractivity contribution is 0.0525. The topological polar surface area (TPSA) is 112 Å². The first-order chi connectivity index (χ1) is 16.0. The summed E-state index contributed by atoms with van der Waals surface area (Å²) in [7, 11) is 0. The number of hydrogen-bond acceptors (Lipinski definition) is 6. The Morgan fingerprint density at radius 3 is 2.52 bits per heavy atom. The fraction of sp³-hybridized carbons (Fsp3) is 0.375. The highest BCUT2D eigenvalue weighted by molar-refractivity contribution is 5.95. The molecule has 0 amide bonds. The second kappa shape index (κ2) is 8.31. The minimum absolute atomic E-state index is 0.133. The molecule has 5 rings (SSSR count). The molecule has 9 nitrogen and oxygen atoms in total. The molecule has 0 aliphatic heterocycles. The molecular formula is C24H25N5O4. The highest BCUT2D eigenvalue weighted by Gasteiger charge is 2.23. The number of esters is 1. The Hall–Kier alpha value is -3.75. The Labute approximate surface area is 189 Å². The van der Waals surface area contributed by atoms with Crippen molar-refractivity contribution in [3.8, 4) is 5.82 Å². The van der Waals surface area contributed by atoms with E-state index in [-0.39, 0.29) is 29.6 Å². The third kappa shape index (κ3) is 3.53. The van der Waals surface area contributed by atoms with Gasteiger partial charge in [0, 0.05) is 24.1 Å². The van der Waals surface area contributed by atoms with E-state index in [0.29, 0.717) is 27.5 Å². The van der Waals surface area contributed by atoms with Gasteiger partial charge in [-0.3, -0.25) is 19.3 Å². The second-order valence-corrected chi connectivity index (χ2v) is 8.43. The Morgan fingerprint density at radius 2 is 1.79 bits per heavy atom. The maximum atomic E-state index is 13.4. The molecule has 4 heterocycles. The van der Waals surface area contributed by atoms with Crippen LogP contribution in [0, 0.1) is 6.92 Å². The summed E-state index contributed by atoms with van der Waals surface area (Å²) in [6.45, 7) is 3.61. The molecule has 0 spiro atoms. The van der Waals surface area contributed by atoms with Gasteiger partial charge in [0.15, 0.2) is 5.82 Å². The number of hydrogen-bond donors (Lipinski definition) is 1. The summed E-state index contributed by atoms with van der Waals surface area (Å²) >= 11 is 0. The van der Waals surface area contributed by atoms with Crippen molar-refractivity contribution in [1.29, 1.82) is 0 Å². The second-order valence-electron chi connectivity index (χ2n) is 8.43. The number of fused-ring (bicyclic) bond motifs is 2. The van der Waals surface area contributed by atoms with Crippen LogP contribution in [0.4, 0.5) is 0 Å². The number of aromatic nitrogens is 5. The Morgan fingerprint density at radius 1 is 1.09 bits per heavy atom. The SMILES string of the molecule is CCOC(=O)c1c(-n2ccc3nc4ccn(C5CCCCC5)c(=O)c4cc3c2=O)n[nH]c1C. The van der Waals surface area contributed by atoms with Gasteiger partial charge in [-0.1, -0.05) is 19.3 Å². The van der Waals surface area contributed by atoms with E-state index in [1.807, 2.05) is 12.3 Å². The van der Waals surface area contributed by atoms with Crippen molar-refractivity contribution >= 4 is 27.8 Å². The van der Waals surface area contributed by atoms with Crippen LogP contribution in [-0.2, 0) is 4.74 Å². The summed E-state index contributed by atoms with van der Waals surface area (Å²) in [5, 5.41) is 7.62. The Bertz CT molecular complexity index is 1490. The van der Waals surface area contributed by atoms with E-state index in [4.69, 9.17) is 4.74 Å². The fourth-order valence-electron chi connectivity index (χ4n) is 4.69. The largest absolute Gasteiger partial charge is 0.462 e. The van der Waals surface area contributed by atoms with Crippen molar-refractivity contribution in [2.45, 2.75) is 52.0 Å². The number of H-pyrrole nitrogens is 1. The summed E-state index contributed by atoms with van der Waals surface area (Å²) in [5.74, 6) is -0.400. The van der Waals surface area contributed by atoms with Gasteiger partial charge in [-0.15, -0.1) is 0 Å². The van der Waals surface area contributed by atoms with Crippen LogP contribution in [0.1, 0.15) is 61.1 Å². The molecule has 4 aromatic rings. The monoisotopic (exact) mass is 447 g/mol. The van der Waals surface area contributed by atoms with Gasteiger partial charge in [-0.05, 0) is 44.9 Å². The molecule has 33 heavy (non-hydrogen) atoms. The minimum Gasteiger partial charge on any atom is -0.462 e. The van der Waals surface area contributed by atoms with E-state index in [9.17, 15) is 14.4 Å². The van der Waals surface area contributed by atoms with E-state index in [1.165, 1.54) is 17.2 Å². The van der Waals surface area contributed by atoms with Gasteiger partial charge in [0.05, 0.1) is 28.4 Å². The molecule has 0 aromatic carbocycles. The van der Waals surface area contributed by atoms with Crippen molar-refractivity contribution in [2.24, 2.45) is 0 Å². The highest BCUT2D eigenvalue weighted by atomic mass is 16.5. The number of pyridine rings is 3. The maximum Gasteiger partial charge on any atom is 0.343 e. The van der Waals surface area contributed by atoms with E-state index in [1.54, 1.807) is 30.5 Å². The van der Waals surface area contributed by atoms with Gasteiger partial charge < -0.3 is 9.30 Å². The Kier molecular flexibility index (Phi) is 5.32. The van der Waals surface area contributed by atoms with Gasteiger partial charge in [0.2, 0.25) is 0 Å². The number of aromatic amines is 1. The zero-order valence-corrected chi connectivity index (χ0v) is 18.6. The van der Waals surface area contributed by atoms with Gasteiger partial charge in [0.1, 0.15) is 5.56 Å². The summed E-state index contributed by atoms with van der Waals surface area (Å²) in [4.78, 5) is 43.7. The number of rotatable bonds is 4. The van der Waals surface area contributed by atoms with Gasteiger partial charge in [-0.2, -0.15) is 5.10 Å². The highest BCUT2D eigenvalue weighted by Crippen LogP contribution is 2.27. The van der Waals surface area contributed by atoms with Crippen molar-refractivity contribution in [3.63, 3.8) is 0 Å². The quantitative estimate of drug-likeness (QED) is 0.379. The first kappa shape index (κ1) is 21.1. The standard InChI is InChI=1S/C24H25N5O4/c1-3-33-24(32)20-14(2)26-27-21(20)29-12-10-19-17(23(29)31)13-16-18(25-19)9-11-28(22(16)30)15-7-5-4-6-8-15/h9-13,15H,3-8H2,1-2H3,(H,26,27). The summed E-state index contributed by atoms with van der Waals surface area (Å²) < 4.78 is 8.20. The van der Waals surface area contributed by atoms with E-state index in [2.05, 4.69) is 15.2 Å². The molecule has 0 saturated heterocycles. The number of nitrogens with zero attached hydrogens (tertiary/aromatic N) is 4. The molecule has 4 aromatic heterocycles. The van der Waals surface area contributed by atoms with Crippen molar-refractivity contribution in [3.05, 3.63) is 62.6 Å². The van der Waals surface area contributed by atoms with Crippen LogP contribution in [-0.4, -0.2) is 36.9 Å². The van der Waals surface area contributed by atoms with Crippen LogP contribution in [0.2, 0.25) is 0 Å². The van der Waals surface area contributed by atoms with Crippen molar-refractivity contribution < 1.29 is 9.53 Å². The zero-order chi connectivity index (χ0) is 23.1. The average molecular weight is 447 g/mol. The molecule has 1 N–H and O–H groups in total. The lowest BCUT2D eigenvalue weighted by Gasteiger charge is -2.24. The number of nitrogens with one attached hydrogen (secondary N) is 1. The number of carbonyl (C=O) groups excluding carboxylic acids is 1. The third-order valence-corrected chi connectivity index (χ3v) is 6.37. The number of aryl methyl sites for hydroxylation is 1. The average Bonchev–Trinajstić information content (AvgIpc) is 3.21. The number of carbonyl (C=O) groups is 1. The first-order valence-corrected chi connectivity index (χ1v) is 11.3. The summed E-state index contributed by atoms with van der Waals surface area (Å²) in [6, 6.07) is 5.31. The lowest BCUT2D eigenvalue weighted by atomic mass is 9.95. The number of ether oxygens (including phenoxy) is 1. The summed E-state index contributed by atoms with van der Waals surface area (Å²) in [6.07, 6.45) is 8.74. The van der Waals surface area contributed by atoms with E-state index >= 15 is 0 Å². The third-order valence-electron chi connectivity index (χ3n) is 6.37. The van der Waals surface area contributed by atoms with Crippen molar-refractivity contribution in [2.75, 3.05) is 6.61 Å². The Balaban J connectivity index is 1.69. The molecule has 1 saturated carbocycles. The van der Waals surface area contributed by atoms with Crippen LogP contribution in [0.15, 0.2) is 40.2 Å². The zero-order valence-electron chi connectivity index (χ0n) is 18.6. The van der Waals surface area contributed by atoms with Crippen LogP contribution in [0.25, 0.3) is 27.6 Å².